The molecule has 1 atom stereocenters. The molecule has 0 unspecified atom stereocenters. The van der Waals surface area contributed by atoms with E-state index in [0.29, 0.717) is 5.92 Å². The Morgan fingerprint density at radius 3 is 2.64 bits per heavy atom. The van der Waals surface area contributed by atoms with Gasteiger partial charge in [-0.25, -0.2) is 0 Å². The number of nitrogens with zero attached hydrogens (tertiary/aromatic N) is 1. The Morgan fingerprint density at radius 1 is 1.18 bits per heavy atom. The molecule has 1 aromatic carbocycles. The van der Waals surface area contributed by atoms with Gasteiger partial charge >= 0.3 is 0 Å². The summed E-state index contributed by atoms with van der Waals surface area (Å²) in [5.74, 6) is 2.59. The number of para-hydroxylation sites is 1. The van der Waals surface area contributed by atoms with Crippen LogP contribution in [0.25, 0.3) is 0 Å². The summed E-state index contributed by atoms with van der Waals surface area (Å²) < 4.78 is 6.05. The average molecular weight is 303 g/mol. The number of unbranched alkanes of at least 4 members (excludes halogenated alkanes) is 1. The lowest BCUT2D eigenvalue weighted by Crippen LogP contribution is -2.33. The van der Waals surface area contributed by atoms with Crippen molar-refractivity contribution in [3.63, 3.8) is 0 Å². The first-order chi connectivity index (χ1) is 10.7. The zero-order valence-corrected chi connectivity index (χ0v) is 14.7. The molecule has 1 saturated heterocycles. The largest absolute Gasteiger partial charge is 0.493 e. The van der Waals surface area contributed by atoms with Crippen LogP contribution < -0.4 is 4.74 Å². The fourth-order valence-electron chi connectivity index (χ4n) is 3.14. The lowest BCUT2D eigenvalue weighted by atomic mass is 9.98. The van der Waals surface area contributed by atoms with Gasteiger partial charge in [-0.1, -0.05) is 39.0 Å². The first-order valence-electron chi connectivity index (χ1n) is 9.14. The minimum Gasteiger partial charge on any atom is -0.493 e. The van der Waals surface area contributed by atoms with Gasteiger partial charge < -0.3 is 9.64 Å². The number of ether oxygens (including phenoxy) is 1. The van der Waals surface area contributed by atoms with Crippen molar-refractivity contribution in [1.29, 1.82) is 0 Å². The highest BCUT2D eigenvalue weighted by molar-refractivity contribution is 5.35. The molecule has 1 aliphatic rings. The Kier molecular flexibility index (Phi) is 7.24. The molecule has 0 amide bonds. The summed E-state index contributed by atoms with van der Waals surface area (Å²) in [4.78, 5) is 2.62. The first-order valence-corrected chi connectivity index (χ1v) is 9.14. The zero-order chi connectivity index (χ0) is 15.8. The van der Waals surface area contributed by atoms with E-state index in [0.717, 1.165) is 31.1 Å². The van der Waals surface area contributed by atoms with Gasteiger partial charge in [0.1, 0.15) is 5.75 Å². The first kappa shape index (κ1) is 17.3. The van der Waals surface area contributed by atoms with E-state index >= 15 is 0 Å². The van der Waals surface area contributed by atoms with Crippen molar-refractivity contribution in [2.24, 2.45) is 5.92 Å². The summed E-state index contributed by atoms with van der Waals surface area (Å²) in [7, 11) is 0. The monoisotopic (exact) mass is 303 g/mol. The van der Waals surface area contributed by atoms with Crippen molar-refractivity contribution >= 4 is 0 Å². The van der Waals surface area contributed by atoms with E-state index < -0.39 is 0 Å². The molecule has 124 valence electrons. The third-order valence-corrected chi connectivity index (χ3v) is 5.06. The molecular formula is C20H33NO. The van der Waals surface area contributed by atoms with E-state index in [2.05, 4.69) is 49.9 Å². The predicted molar refractivity (Wildman–Crippen MR) is 94.7 cm³/mol. The third-order valence-electron chi connectivity index (χ3n) is 5.06. The standard InChI is InChI=1S/C20H33NO/c1-4-18(3)19-9-5-6-10-20(19)22-16-8-7-13-21-14-11-17(2)12-15-21/h5-6,9-10,17-18H,4,7-8,11-16H2,1-3H3/t18-/m0/s1. The van der Waals surface area contributed by atoms with Crippen molar-refractivity contribution in [3.05, 3.63) is 29.8 Å². The minimum absolute atomic E-state index is 0.575. The molecule has 0 spiro atoms. The van der Waals surface area contributed by atoms with Crippen LogP contribution in [0.15, 0.2) is 24.3 Å². The van der Waals surface area contributed by atoms with Gasteiger partial charge in [0, 0.05) is 0 Å². The van der Waals surface area contributed by atoms with Gasteiger partial charge in [0.25, 0.3) is 0 Å². The summed E-state index contributed by atoms with van der Waals surface area (Å²) in [5.41, 5.74) is 1.36. The van der Waals surface area contributed by atoms with E-state index in [1.54, 1.807) is 0 Å². The molecule has 1 heterocycles. The molecule has 0 aliphatic carbocycles. The molecule has 22 heavy (non-hydrogen) atoms. The number of likely N-dealkylation sites (tertiary alicyclic amines) is 1. The topological polar surface area (TPSA) is 12.5 Å². The van der Waals surface area contributed by atoms with E-state index in [1.165, 1.54) is 44.5 Å². The molecule has 0 bridgehead atoms. The Morgan fingerprint density at radius 2 is 1.91 bits per heavy atom. The van der Waals surface area contributed by atoms with Crippen LogP contribution >= 0.6 is 0 Å². The zero-order valence-electron chi connectivity index (χ0n) is 14.7. The molecular weight excluding hydrogens is 270 g/mol. The second-order valence-electron chi connectivity index (χ2n) is 6.93. The van der Waals surface area contributed by atoms with Gasteiger partial charge in [-0.05, 0) is 75.2 Å². The van der Waals surface area contributed by atoms with Crippen molar-refractivity contribution in [3.8, 4) is 5.75 Å². The van der Waals surface area contributed by atoms with Crippen LogP contribution in [0.4, 0.5) is 0 Å². The van der Waals surface area contributed by atoms with Crippen molar-refractivity contribution < 1.29 is 4.74 Å². The van der Waals surface area contributed by atoms with Crippen LogP contribution in [-0.2, 0) is 0 Å². The maximum Gasteiger partial charge on any atom is 0.122 e. The molecule has 0 saturated carbocycles. The highest BCUT2D eigenvalue weighted by Crippen LogP contribution is 2.28. The van der Waals surface area contributed by atoms with Crippen LogP contribution in [-0.4, -0.2) is 31.1 Å². The van der Waals surface area contributed by atoms with Gasteiger partial charge in [-0.3, -0.25) is 0 Å². The van der Waals surface area contributed by atoms with Crippen LogP contribution in [0.2, 0.25) is 0 Å². The van der Waals surface area contributed by atoms with E-state index in [1.807, 2.05) is 0 Å². The van der Waals surface area contributed by atoms with Gasteiger partial charge in [0.15, 0.2) is 0 Å². The number of benzene rings is 1. The minimum atomic E-state index is 0.575. The molecule has 1 aromatic rings. The van der Waals surface area contributed by atoms with Crippen LogP contribution in [0, 0.1) is 5.92 Å². The Labute approximate surface area is 136 Å². The van der Waals surface area contributed by atoms with E-state index in [9.17, 15) is 0 Å². The van der Waals surface area contributed by atoms with Crippen molar-refractivity contribution in [2.45, 2.75) is 58.8 Å². The smallest absolute Gasteiger partial charge is 0.122 e. The van der Waals surface area contributed by atoms with Gasteiger partial charge in [-0.2, -0.15) is 0 Å². The maximum absolute atomic E-state index is 6.05. The molecule has 2 heteroatoms. The SMILES string of the molecule is CC[C@H](C)c1ccccc1OCCCCN1CCC(C)CC1. The molecule has 2 nitrogen and oxygen atoms in total. The lowest BCUT2D eigenvalue weighted by Gasteiger charge is -2.30. The normalized spacial score (nSPS) is 18.3. The quantitative estimate of drug-likeness (QED) is 0.620. The second kappa shape index (κ2) is 9.19. The highest BCUT2D eigenvalue weighted by atomic mass is 16.5. The Balaban J connectivity index is 1.66. The fraction of sp³-hybridized carbons (Fsp3) is 0.700. The summed E-state index contributed by atoms with van der Waals surface area (Å²) in [6, 6.07) is 8.52. The maximum atomic E-state index is 6.05. The third kappa shape index (κ3) is 5.31. The van der Waals surface area contributed by atoms with Gasteiger partial charge in [0.05, 0.1) is 6.61 Å². The molecule has 1 aliphatic heterocycles. The van der Waals surface area contributed by atoms with Crippen LogP contribution in [0.3, 0.4) is 0 Å². The molecule has 0 aromatic heterocycles. The summed E-state index contributed by atoms with van der Waals surface area (Å²) in [6.07, 6.45) is 6.31. The number of piperidine rings is 1. The molecule has 0 N–H and O–H groups in total. The molecule has 1 fully saturated rings. The molecule has 0 radical (unpaired) electrons. The van der Waals surface area contributed by atoms with Crippen molar-refractivity contribution in [1.82, 2.24) is 4.90 Å². The number of rotatable bonds is 8. The second-order valence-corrected chi connectivity index (χ2v) is 6.93. The fourth-order valence-corrected chi connectivity index (χ4v) is 3.14. The number of hydrogen-bond acceptors (Lipinski definition) is 2. The summed E-state index contributed by atoms with van der Waals surface area (Å²) in [5, 5.41) is 0. The lowest BCUT2D eigenvalue weighted by molar-refractivity contribution is 0.184. The average Bonchev–Trinajstić information content (AvgIpc) is 2.56. The van der Waals surface area contributed by atoms with E-state index in [-0.39, 0.29) is 0 Å². The van der Waals surface area contributed by atoms with E-state index in [4.69, 9.17) is 4.74 Å². The summed E-state index contributed by atoms with van der Waals surface area (Å²) >= 11 is 0. The summed E-state index contributed by atoms with van der Waals surface area (Å²) in [6.45, 7) is 11.6. The highest BCUT2D eigenvalue weighted by Gasteiger charge is 2.14. The van der Waals surface area contributed by atoms with Crippen LogP contribution in [0.1, 0.15) is 64.4 Å². The van der Waals surface area contributed by atoms with Gasteiger partial charge in [-0.15, -0.1) is 0 Å². The predicted octanol–water partition coefficient (Wildman–Crippen LogP) is 5.09. The number of hydrogen-bond donors (Lipinski definition) is 0. The van der Waals surface area contributed by atoms with Crippen molar-refractivity contribution in [2.75, 3.05) is 26.2 Å². The molecule has 2 rings (SSSR count). The van der Waals surface area contributed by atoms with Crippen LogP contribution in [0.5, 0.6) is 5.75 Å². The van der Waals surface area contributed by atoms with Gasteiger partial charge in [0.2, 0.25) is 0 Å². The Hall–Kier alpha value is -1.02. The Bertz CT molecular complexity index is 423.